The van der Waals surface area contributed by atoms with Crippen molar-refractivity contribution in [3.63, 3.8) is 0 Å². The number of benzene rings is 1. The highest BCUT2D eigenvalue weighted by Crippen LogP contribution is 2.35. The van der Waals surface area contributed by atoms with Crippen molar-refractivity contribution in [2.24, 2.45) is 0 Å². The third-order valence-electron chi connectivity index (χ3n) is 5.68. The van der Waals surface area contributed by atoms with Gasteiger partial charge in [-0.15, -0.1) is 0 Å². The molecular formula is C21H26N2O3S. The number of hydrogen-bond acceptors (Lipinski definition) is 5. The maximum atomic E-state index is 12.7. The minimum atomic E-state index is -3.31. The summed E-state index contributed by atoms with van der Waals surface area (Å²) in [5.41, 5.74) is 3.50. The fraction of sp³-hybridized carbons (Fsp3) is 0.524. The molecule has 5 nitrogen and oxygen atoms in total. The minimum absolute atomic E-state index is 0.127. The average Bonchev–Trinajstić information content (AvgIpc) is 3.17. The molecule has 27 heavy (non-hydrogen) atoms. The fourth-order valence-corrected chi connectivity index (χ4v) is 5.97. The van der Waals surface area contributed by atoms with Gasteiger partial charge in [0.15, 0.2) is 9.84 Å². The Hall–Kier alpha value is -1.79. The zero-order valence-corrected chi connectivity index (χ0v) is 16.3. The Morgan fingerprint density at radius 3 is 2.41 bits per heavy atom. The van der Waals surface area contributed by atoms with E-state index in [1.165, 1.54) is 12.8 Å². The van der Waals surface area contributed by atoms with Crippen LogP contribution in [0.2, 0.25) is 0 Å². The second-order valence-corrected chi connectivity index (χ2v) is 9.72. The van der Waals surface area contributed by atoms with Crippen LogP contribution in [0.25, 0.3) is 0 Å². The summed E-state index contributed by atoms with van der Waals surface area (Å²) in [5.74, 6) is 1.40. The Kier molecular flexibility index (Phi) is 5.28. The van der Waals surface area contributed by atoms with Crippen molar-refractivity contribution in [2.45, 2.75) is 62.2 Å². The Labute approximate surface area is 160 Å². The topological polar surface area (TPSA) is 80.2 Å². The number of aryl methyl sites for hydroxylation is 1. The molecule has 0 radical (unpaired) electrons. The molecule has 1 fully saturated rings. The molecule has 4 rings (SSSR count). The quantitative estimate of drug-likeness (QED) is 0.854. The Morgan fingerprint density at radius 2 is 1.70 bits per heavy atom. The second kappa shape index (κ2) is 7.68. The van der Waals surface area contributed by atoms with E-state index in [0.717, 1.165) is 41.9 Å². The molecule has 1 aromatic heterocycles. The summed E-state index contributed by atoms with van der Waals surface area (Å²) in [6.45, 7) is 0.127. The highest BCUT2D eigenvalue weighted by atomic mass is 32.2. The van der Waals surface area contributed by atoms with E-state index in [2.05, 4.69) is 0 Å². The van der Waals surface area contributed by atoms with E-state index in [4.69, 9.17) is 15.1 Å². The predicted octanol–water partition coefficient (Wildman–Crippen LogP) is 2.98. The summed E-state index contributed by atoms with van der Waals surface area (Å²) in [6.07, 6.45) is 7.09. The van der Waals surface area contributed by atoms with E-state index < -0.39 is 9.84 Å². The second-order valence-electron chi connectivity index (χ2n) is 7.68. The van der Waals surface area contributed by atoms with Gasteiger partial charge < -0.3 is 5.11 Å². The molecule has 0 bridgehead atoms. The molecular weight excluding hydrogens is 360 g/mol. The van der Waals surface area contributed by atoms with E-state index in [1.54, 1.807) is 0 Å². The van der Waals surface area contributed by atoms with Crippen molar-refractivity contribution in [3.8, 4) is 0 Å². The lowest BCUT2D eigenvalue weighted by atomic mass is 10.0. The van der Waals surface area contributed by atoms with Crippen LogP contribution in [0.3, 0.4) is 0 Å². The van der Waals surface area contributed by atoms with Gasteiger partial charge >= 0.3 is 0 Å². The summed E-state index contributed by atoms with van der Waals surface area (Å²) in [4.78, 5) is 9.89. The van der Waals surface area contributed by atoms with E-state index >= 15 is 0 Å². The molecule has 6 heteroatoms. The van der Waals surface area contributed by atoms with Crippen molar-refractivity contribution in [1.82, 2.24) is 9.97 Å². The molecule has 0 atom stereocenters. The fourth-order valence-electron chi connectivity index (χ4n) is 4.26. The normalized spacial score (nSPS) is 19.1. The molecule has 2 heterocycles. The van der Waals surface area contributed by atoms with Crippen LogP contribution in [0.1, 0.15) is 66.4 Å². The predicted molar refractivity (Wildman–Crippen MR) is 104 cm³/mol. The molecule has 0 spiro atoms. The molecule has 2 aliphatic rings. The van der Waals surface area contributed by atoms with Crippen LogP contribution in [0.15, 0.2) is 29.2 Å². The smallest absolute Gasteiger partial charge is 0.182 e. The first-order valence-electron chi connectivity index (χ1n) is 9.88. The number of hydrogen-bond donors (Lipinski definition) is 1. The highest BCUT2D eigenvalue weighted by Gasteiger charge is 2.31. The molecule has 1 N–H and O–H groups in total. The van der Waals surface area contributed by atoms with Gasteiger partial charge in [0.05, 0.1) is 17.1 Å². The maximum Gasteiger partial charge on any atom is 0.182 e. The van der Waals surface area contributed by atoms with E-state index in [9.17, 15) is 8.42 Å². The maximum absolute atomic E-state index is 12.7. The van der Waals surface area contributed by atoms with Gasteiger partial charge in [0.2, 0.25) is 0 Å². The molecule has 144 valence electrons. The first-order chi connectivity index (χ1) is 13.1. The largest absolute Gasteiger partial charge is 0.396 e. The highest BCUT2D eigenvalue weighted by molar-refractivity contribution is 7.91. The van der Waals surface area contributed by atoms with Crippen LogP contribution < -0.4 is 0 Å². The molecule has 1 aliphatic heterocycles. The lowest BCUT2D eigenvalue weighted by molar-refractivity contribution is 0.299. The van der Waals surface area contributed by atoms with E-state index in [1.807, 2.05) is 24.3 Å². The van der Waals surface area contributed by atoms with Crippen LogP contribution in [-0.4, -0.2) is 35.9 Å². The van der Waals surface area contributed by atoms with Crippen molar-refractivity contribution in [1.29, 1.82) is 0 Å². The lowest BCUT2D eigenvalue weighted by Gasteiger charge is -2.21. The summed E-state index contributed by atoms with van der Waals surface area (Å²) in [5, 5.41) is 9.06. The summed E-state index contributed by atoms with van der Waals surface area (Å²) in [6, 6.07) is 7.99. The van der Waals surface area contributed by atoms with Crippen LogP contribution in [-0.2, 0) is 29.1 Å². The summed E-state index contributed by atoms with van der Waals surface area (Å²) < 4.78 is 25.5. The van der Waals surface area contributed by atoms with Gasteiger partial charge in [-0.05, 0) is 43.2 Å². The van der Waals surface area contributed by atoms with Crippen LogP contribution in [0.5, 0.6) is 0 Å². The summed E-state index contributed by atoms with van der Waals surface area (Å²) in [7, 11) is -3.31. The third kappa shape index (κ3) is 3.92. The monoisotopic (exact) mass is 386 g/mol. The van der Waals surface area contributed by atoms with Crippen LogP contribution in [0, 0.1) is 0 Å². The van der Waals surface area contributed by atoms with Gasteiger partial charge in [0, 0.05) is 18.9 Å². The number of aliphatic hydroxyl groups is 1. The molecule has 2 aromatic rings. The zero-order chi connectivity index (χ0) is 18.9. The van der Waals surface area contributed by atoms with E-state index in [-0.39, 0.29) is 12.4 Å². The lowest BCUT2D eigenvalue weighted by Crippen LogP contribution is -2.22. The van der Waals surface area contributed by atoms with Gasteiger partial charge in [-0.25, -0.2) is 18.4 Å². The molecule has 1 saturated carbocycles. The number of aliphatic hydroxyl groups excluding tert-OH is 1. The van der Waals surface area contributed by atoms with Gasteiger partial charge in [-0.3, -0.25) is 0 Å². The average molecular weight is 387 g/mol. The van der Waals surface area contributed by atoms with Crippen LogP contribution >= 0.6 is 0 Å². The standard InChI is InChI=1S/C21H26N2O3S/c24-12-11-15-7-9-16(10-8-15)14-19-20-18(6-3-13-27(20,25)26)22-21(23-19)17-4-1-2-5-17/h7-10,17,24H,1-6,11-14H2. The number of sulfone groups is 1. The Bertz CT molecular complexity index is 917. The first-order valence-corrected chi connectivity index (χ1v) is 11.5. The number of nitrogens with zero attached hydrogens (tertiary/aromatic N) is 2. The number of aromatic nitrogens is 2. The molecule has 1 aliphatic carbocycles. The minimum Gasteiger partial charge on any atom is -0.396 e. The van der Waals surface area contributed by atoms with Crippen molar-refractivity contribution in [2.75, 3.05) is 12.4 Å². The van der Waals surface area contributed by atoms with Crippen molar-refractivity contribution in [3.05, 3.63) is 52.6 Å². The third-order valence-corrected chi connectivity index (χ3v) is 7.60. The van der Waals surface area contributed by atoms with E-state index in [0.29, 0.717) is 35.8 Å². The Morgan fingerprint density at radius 1 is 1.00 bits per heavy atom. The first kappa shape index (κ1) is 18.6. The van der Waals surface area contributed by atoms with Gasteiger partial charge in [-0.1, -0.05) is 37.1 Å². The summed E-state index contributed by atoms with van der Waals surface area (Å²) >= 11 is 0. The number of rotatable bonds is 5. The zero-order valence-electron chi connectivity index (χ0n) is 15.5. The van der Waals surface area contributed by atoms with Gasteiger partial charge in [-0.2, -0.15) is 0 Å². The SMILES string of the molecule is O=S1(=O)CCCc2nc(C3CCCC3)nc(Cc3ccc(CCO)cc3)c21. The van der Waals surface area contributed by atoms with Gasteiger partial charge in [0.25, 0.3) is 0 Å². The van der Waals surface area contributed by atoms with Crippen LogP contribution in [0.4, 0.5) is 0 Å². The van der Waals surface area contributed by atoms with Crippen molar-refractivity contribution >= 4 is 9.84 Å². The van der Waals surface area contributed by atoms with Gasteiger partial charge in [0.1, 0.15) is 10.7 Å². The molecule has 1 aromatic carbocycles. The molecule has 0 saturated heterocycles. The molecule has 0 unspecified atom stereocenters. The number of fused-ring (bicyclic) bond motifs is 1. The Balaban J connectivity index is 1.73. The van der Waals surface area contributed by atoms with Crippen molar-refractivity contribution < 1.29 is 13.5 Å². The molecule has 0 amide bonds.